The lowest BCUT2D eigenvalue weighted by molar-refractivity contribution is 0.661. The van der Waals surface area contributed by atoms with Crippen molar-refractivity contribution < 1.29 is 0 Å². The monoisotopic (exact) mass is 489 g/mol. The number of nitrogens with one attached hydrogen (secondary N) is 1. The Hall–Kier alpha value is -4.63. The molecule has 5 aromatic carbocycles. The number of hydrogen-bond donors (Lipinski definition) is 1. The summed E-state index contributed by atoms with van der Waals surface area (Å²) in [5, 5.41) is 6.38. The van der Waals surface area contributed by atoms with Crippen LogP contribution in [0.2, 0.25) is 0 Å². The van der Waals surface area contributed by atoms with Gasteiger partial charge < -0.3 is 5.32 Å². The highest BCUT2D eigenvalue weighted by Gasteiger charge is 2.38. The van der Waals surface area contributed by atoms with Crippen molar-refractivity contribution in [2.24, 2.45) is 4.99 Å². The maximum atomic E-state index is 5.33. The number of aliphatic imine (C=N–C) groups is 1. The van der Waals surface area contributed by atoms with E-state index in [1.807, 2.05) is 0 Å². The van der Waals surface area contributed by atoms with Crippen LogP contribution >= 0.6 is 0 Å². The normalized spacial score (nSPS) is 17.0. The van der Waals surface area contributed by atoms with Gasteiger partial charge in [0.2, 0.25) is 0 Å². The lowest BCUT2D eigenvalue weighted by atomic mass is 9.82. The summed E-state index contributed by atoms with van der Waals surface area (Å²) in [7, 11) is 0. The summed E-state index contributed by atoms with van der Waals surface area (Å²) in [6.07, 6.45) is 0. The van der Waals surface area contributed by atoms with Gasteiger partial charge in [0.05, 0.1) is 22.4 Å². The molecule has 1 atom stereocenters. The van der Waals surface area contributed by atoms with Crippen molar-refractivity contribution in [1.82, 2.24) is 4.57 Å². The molecule has 1 aromatic heterocycles. The molecule has 0 saturated carbocycles. The van der Waals surface area contributed by atoms with Crippen molar-refractivity contribution >= 4 is 39.0 Å². The molecule has 182 valence electrons. The summed E-state index contributed by atoms with van der Waals surface area (Å²) in [4.78, 5) is 5.33. The molecule has 0 saturated heterocycles. The van der Waals surface area contributed by atoms with Crippen LogP contribution in [-0.4, -0.2) is 10.4 Å². The fourth-order valence-electron chi connectivity index (χ4n) is 6.66. The number of anilines is 1. The van der Waals surface area contributed by atoms with Crippen LogP contribution in [0.15, 0.2) is 120 Å². The zero-order valence-corrected chi connectivity index (χ0v) is 21.4. The van der Waals surface area contributed by atoms with Gasteiger partial charge in [0.15, 0.2) is 0 Å². The van der Waals surface area contributed by atoms with E-state index in [9.17, 15) is 0 Å². The number of benzene rings is 5. The molecule has 2 heterocycles. The molecule has 8 rings (SSSR count). The van der Waals surface area contributed by atoms with Crippen LogP contribution in [0, 0.1) is 0 Å². The molecule has 1 N–H and O–H groups in total. The Balaban J connectivity index is 1.50. The molecule has 0 spiro atoms. The second-order valence-corrected chi connectivity index (χ2v) is 10.9. The summed E-state index contributed by atoms with van der Waals surface area (Å²) in [6, 6.07) is 41.3. The summed E-state index contributed by atoms with van der Waals surface area (Å²) in [5.41, 5.74) is 11.0. The average molecular weight is 490 g/mol. The van der Waals surface area contributed by atoms with Gasteiger partial charge in [-0.1, -0.05) is 105 Å². The van der Waals surface area contributed by atoms with Crippen LogP contribution in [0.3, 0.4) is 0 Å². The van der Waals surface area contributed by atoms with Gasteiger partial charge in [-0.15, -0.1) is 0 Å². The van der Waals surface area contributed by atoms with E-state index in [1.165, 1.54) is 49.6 Å². The van der Waals surface area contributed by atoms with Crippen molar-refractivity contribution in [3.63, 3.8) is 0 Å². The second kappa shape index (κ2) is 7.69. The molecular formula is C35H27N3. The van der Waals surface area contributed by atoms with Gasteiger partial charge in [-0.2, -0.15) is 0 Å². The number of fused-ring (bicyclic) bond motifs is 8. The van der Waals surface area contributed by atoms with Crippen molar-refractivity contribution in [2.45, 2.75) is 25.3 Å². The second-order valence-electron chi connectivity index (χ2n) is 10.9. The van der Waals surface area contributed by atoms with Crippen molar-refractivity contribution in [2.75, 3.05) is 5.32 Å². The van der Waals surface area contributed by atoms with Crippen molar-refractivity contribution in [3.05, 3.63) is 132 Å². The molecular weight excluding hydrogens is 462 g/mol. The number of hydrogen-bond acceptors (Lipinski definition) is 2. The van der Waals surface area contributed by atoms with Gasteiger partial charge in [0, 0.05) is 16.2 Å². The topological polar surface area (TPSA) is 29.3 Å². The number of aromatic nitrogens is 1. The number of para-hydroxylation sites is 3. The molecule has 0 bridgehead atoms. The highest BCUT2D eigenvalue weighted by Crippen LogP contribution is 2.53. The lowest BCUT2D eigenvalue weighted by Gasteiger charge is -2.29. The summed E-state index contributed by atoms with van der Waals surface area (Å²) in [5.74, 6) is 0.992. The third-order valence-electron chi connectivity index (χ3n) is 8.44. The standard InChI is InChI=1S/C35H27N3/c1-35(2)25-16-8-6-14-23(25)31-26(35)20-21-30-32(31)24-15-7-11-19-29(24)38(30)34-33(22-12-4-3-5-13-22)36-27-17-9-10-18-28(27)37-34/h3-21,33,36H,1-2H3. The molecule has 0 amide bonds. The maximum absolute atomic E-state index is 5.33. The van der Waals surface area contributed by atoms with E-state index in [0.29, 0.717) is 0 Å². The quantitative estimate of drug-likeness (QED) is 0.246. The van der Waals surface area contributed by atoms with E-state index in [0.717, 1.165) is 17.2 Å². The minimum absolute atomic E-state index is 0.0429. The molecule has 0 fully saturated rings. The van der Waals surface area contributed by atoms with E-state index in [4.69, 9.17) is 4.99 Å². The molecule has 3 nitrogen and oxygen atoms in total. The first kappa shape index (κ1) is 21.5. The molecule has 38 heavy (non-hydrogen) atoms. The highest BCUT2D eigenvalue weighted by molar-refractivity contribution is 6.22. The van der Waals surface area contributed by atoms with Crippen LogP contribution in [-0.2, 0) is 5.41 Å². The van der Waals surface area contributed by atoms with Crippen LogP contribution in [0.5, 0.6) is 0 Å². The molecule has 2 aliphatic rings. The Kier molecular flexibility index (Phi) is 4.34. The predicted octanol–water partition coefficient (Wildman–Crippen LogP) is 8.85. The molecule has 3 heteroatoms. The van der Waals surface area contributed by atoms with Gasteiger partial charge >= 0.3 is 0 Å². The highest BCUT2D eigenvalue weighted by atomic mass is 15.2. The van der Waals surface area contributed by atoms with Gasteiger partial charge in [-0.05, 0) is 52.1 Å². The van der Waals surface area contributed by atoms with Crippen LogP contribution in [0.25, 0.3) is 32.9 Å². The van der Waals surface area contributed by atoms with E-state index < -0.39 is 0 Å². The van der Waals surface area contributed by atoms with Crippen LogP contribution in [0.4, 0.5) is 11.4 Å². The number of nitrogens with zero attached hydrogens (tertiary/aromatic N) is 2. The third kappa shape index (κ3) is 2.82. The van der Waals surface area contributed by atoms with Gasteiger partial charge in [-0.25, -0.2) is 4.99 Å². The predicted molar refractivity (Wildman–Crippen MR) is 159 cm³/mol. The molecule has 0 radical (unpaired) electrons. The minimum Gasteiger partial charge on any atom is -0.370 e. The van der Waals surface area contributed by atoms with E-state index >= 15 is 0 Å². The maximum Gasteiger partial charge on any atom is 0.141 e. The first-order valence-electron chi connectivity index (χ1n) is 13.3. The number of rotatable bonds is 1. The lowest BCUT2D eigenvalue weighted by Crippen LogP contribution is -2.29. The first-order chi connectivity index (χ1) is 18.6. The Bertz CT molecular complexity index is 1920. The summed E-state index contributed by atoms with van der Waals surface area (Å²) >= 11 is 0. The molecule has 1 aliphatic carbocycles. The smallest absolute Gasteiger partial charge is 0.141 e. The van der Waals surface area contributed by atoms with E-state index in [2.05, 4.69) is 139 Å². The summed E-state index contributed by atoms with van der Waals surface area (Å²) in [6.45, 7) is 4.69. The van der Waals surface area contributed by atoms with Gasteiger partial charge in [-0.3, -0.25) is 4.57 Å². The van der Waals surface area contributed by atoms with Crippen LogP contribution in [0.1, 0.15) is 36.6 Å². The first-order valence-corrected chi connectivity index (χ1v) is 13.3. The van der Waals surface area contributed by atoms with E-state index in [-0.39, 0.29) is 11.5 Å². The fraction of sp³-hybridized carbons (Fsp3) is 0.114. The van der Waals surface area contributed by atoms with Gasteiger partial charge in [0.25, 0.3) is 0 Å². The Morgan fingerprint density at radius 3 is 2.32 bits per heavy atom. The molecule has 1 aliphatic heterocycles. The summed E-state index contributed by atoms with van der Waals surface area (Å²) < 4.78 is 2.39. The Morgan fingerprint density at radius 2 is 1.42 bits per heavy atom. The van der Waals surface area contributed by atoms with E-state index in [1.54, 1.807) is 0 Å². The van der Waals surface area contributed by atoms with Crippen LogP contribution < -0.4 is 5.32 Å². The molecule has 1 unspecified atom stereocenters. The SMILES string of the molecule is CC1(C)c2ccccc2-c2c1ccc1c2c2ccccc2n1C1=Nc2ccccc2NC1c1ccccc1. The van der Waals surface area contributed by atoms with Crippen molar-refractivity contribution in [3.8, 4) is 11.1 Å². The largest absolute Gasteiger partial charge is 0.370 e. The van der Waals surface area contributed by atoms with Gasteiger partial charge in [0.1, 0.15) is 11.9 Å². The average Bonchev–Trinajstić information content (AvgIpc) is 3.42. The zero-order chi connectivity index (χ0) is 25.4. The Morgan fingerprint density at radius 1 is 0.684 bits per heavy atom. The molecule has 6 aromatic rings. The minimum atomic E-state index is -0.0814. The Labute approximate surface area is 222 Å². The zero-order valence-electron chi connectivity index (χ0n) is 21.4. The fourth-order valence-corrected chi connectivity index (χ4v) is 6.66. The van der Waals surface area contributed by atoms with Crippen molar-refractivity contribution in [1.29, 1.82) is 0 Å². The third-order valence-corrected chi connectivity index (χ3v) is 8.44.